The van der Waals surface area contributed by atoms with Crippen molar-refractivity contribution in [2.45, 2.75) is 32.4 Å². The Labute approximate surface area is 89.6 Å². The molecule has 1 unspecified atom stereocenters. The number of nitrogens with two attached hydrogens (primary N) is 1. The minimum atomic E-state index is 0.0381. The Bertz CT molecular complexity index is 319. The van der Waals surface area contributed by atoms with Crippen LogP contribution in [-0.4, -0.2) is 21.7 Å². The summed E-state index contributed by atoms with van der Waals surface area (Å²) >= 11 is 0. The number of hydrogen-bond donors (Lipinski definition) is 2. The van der Waals surface area contributed by atoms with Crippen LogP contribution >= 0.6 is 0 Å². The fourth-order valence-corrected chi connectivity index (χ4v) is 1.21. The molecule has 0 saturated heterocycles. The summed E-state index contributed by atoms with van der Waals surface area (Å²) in [6.07, 6.45) is 4.83. The second-order valence-electron chi connectivity index (χ2n) is 3.81. The molecule has 0 aromatic carbocycles. The lowest BCUT2D eigenvalue weighted by Gasteiger charge is -2.05. The van der Waals surface area contributed by atoms with Crippen LogP contribution in [0, 0.1) is 0 Å². The van der Waals surface area contributed by atoms with Gasteiger partial charge in [-0.05, 0) is 13.3 Å². The predicted octanol–water partition coefficient (Wildman–Crippen LogP) is 0.164. The van der Waals surface area contributed by atoms with Gasteiger partial charge in [0.2, 0.25) is 5.91 Å². The Balaban J connectivity index is 2.22. The van der Waals surface area contributed by atoms with Gasteiger partial charge < -0.3 is 11.1 Å². The minimum Gasteiger partial charge on any atom is -0.352 e. The van der Waals surface area contributed by atoms with E-state index in [9.17, 15) is 4.79 Å². The highest BCUT2D eigenvalue weighted by atomic mass is 16.1. The van der Waals surface area contributed by atoms with Crippen molar-refractivity contribution in [1.82, 2.24) is 15.1 Å². The molecule has 1 aromatic rings. The first kappa shape index (κ1) is 11.7. The summed E-state index contributed by atoms with van der Waals surface area (Å²) in [7, 11) is 1.85. The SMILES string of the molecule is CC(N)CCC(=O)NCc1cnn(C)c1. The number of nitrogens with zero attached hydrogens (tertiary/aromatic N) is 2. The number of carbonyl (C=O) groups is 1. The fraction of sp³-hybridized carbons (Fsp3) is 0.600. The summed E-state index contributed by atoms with van der Waals surface area (Å²) in [6, 6.07) is 0.0779. The van der Waals surface area contributed by atoms with Gasteiger partial charge in [0, 0.05) is 37.8 Å². The Kier molecular flexibility index (Phi) is 4.30. The van der Waals surface area contributed by atoms with Crippen molar-refractivity contribution in [3.63, 3.8) is 0 Å². The molecular weight excluding hydrogens is 192 g/mol. The molecule has 0 aliphatic carbocycles. The van der Waals surface area contributed by atoms with Gasteiger partial charge in [-0.3, -0.25) is 9.48 Å². The number of nitrogens with one attached hydrogen (secondary N) is 1. The zero-order valence-electron chi connectivity index (χ0n) is 9.23. The zero-order valence-corrected chi connectivity index (χ0v) is 9.23. The van der Waals surface area contributed by atoms with E-state index in [0.717, 1.165) is 12.0 Å². The van der Waals surface area contributed by atoms with Crippen LogP contribution in [0.3, 0.4) is 0 Å². The molecule has 5 heteroatoms. The van der Waals surface area contributed by atoms with Crippen LogP contribution in [0.15, 0.2) is 12.4 Å². The van der Waals surface area contributed by atoms with E-state index in [0.29, 0.717) is 13.0 Å². The second kappa shape index (κ2) is 5.50. The molecule has 84 valence electrons. The third-order valence-corrected chi connectivity index (χ3v) is 2.07. The molecule has 0 aliphatic rings. The number of carbonyl (C=O) groups excluding carboxylic acids is 1. The van der Waals surface area contributed by atoms with Gasteiger partial charge in [-0.25, -0.2) is 0 Å². The summed E-state index contributed by atoms with van der Waals surface area (Å²) in [4.78, 5) is 11.3. The molecule has 1 amide bonds. The van der Waals surface area contributed by atoms with Crippen LogP contribution in [0.2, 0.25) is 0 Å². The first-order valence-corrected chi connectivity index (χ1v) is 5.07. The summed E-state index contributed by atoms with van der Waals surface area (Å²) in [6.45, 7) is 2.43. The average molecular weight is 210 g/mol. The van der Waals surface area contributed by atoms with Crippen molar-refractivity contribution in [1.29, 1.82) is 0 Å². The van der Waals surface area contributed by atoms with Crippen molar-refractivity contribution < 1.29 is 4.79 Å². The largest absolute Gasteiger partial charge is 0.352 e. The number of rotatable bonds is 5. The molecule has 1 rings (SSSR count). The van der Waals surface area contributed by atoms with Gasteiger partial charge in [-0.2, -0.15) is 5.10 Å². The number of hydrogen-bond acceptors (Lipinski definition) is 3. The molecule has 3 N–H and O–H groups in total. The highest BCUT2D eigenvalue weighted by molar-refractivity contribution is 5.75. The van der Waals surface area contributed by atoms with E-state index in [1.54, 1.807) is 10.9 Å². The molecule has 15 heavy (non-hydrogen) atoms. The molecule has 0 saturated carbocycles. The van der Waals surface area contributed by atoms with Gasteiger partial charge in [0.1, 0.15) is 0 Å². The topological polar surface area (TPSA) is 72.9 Å². The van der Waals surface area contributed by atoms with Crippen molar-refractivity contribution in [2.24, 2.45) is 12.8 Å². The number of aryl methyl sites for hydroxylation is 1. The van der Waals surface area contributed by atoms with E-state index in [4.69, 9.17) is 5.73 Å². The second-order valence-corrected chi connectivity index (χ2v) is 3.81. The minimum absolute atomic E-state index is 0.0381. The molecule has 0 aliphatic heterocycles. The third-order valence-electron chi connectivity index (χ3n) is 2.07. The monoisotopic (exact) mass is 210 g/mol. The molecule has 1 aromatic heterocycles. The molecule has 5 nitrogen and oxygen atoms in total. The first-order valence-electron chi connectivity index (χ1n) is 5.07. The van der Waals surface area contributed by atoms with E-state index in [1.165, 1.54) is 0 Å². The Morgan fingerprint density at radius 2 is 2.47 bits per heavy atom. The van der Waals surface area contributed by atoms with Crippen LogP contribution in [0.4, 0.5) is 0 Å². The van der Waals surface area contributed by atoms with Crippen LogP contribution in [-0.2, 0) is 18.4 Å². The van der Waals surface area contributed by atoms with Crippen LogP contribution in [0.25, 0.3) is 0 Å². The fourth-order valence-electron chi connectivity index (χ4n) is 1.21. The molecule has 0 spiro atoms. The predicted molar refractivity (Wildman–Crippen MR) is 57.9 cm³/mol. The van der Waals surface area contributed by atoms with Crippen molar-refractivity contribution in [3.8, 4) is 0 Å². The molecular formula is C10H18N4O. The summed E-state index contributed by atoms with van der Waals surface area (Å²) in [5.41, 5.74) is 6.56. The van der Waals surface area contributed by atoms with E-state index < -0.39 is 0 Å². The lowest BCUT2D eigenvalue weighted by molar-refractivity contribution is -0.121. The van der Waals surface area contributed by atoms with Gasteiger partial charge >= 0.3 is 0 Å². The van der Waals surface area contributed by atoms with Crippen molar-refractivity contribution >= 4 is 5.91 Å². The quantitative estimate of drug-likeness (QED) is 0.727. The first-order chi connectivity index (χ1) is 7.08. The Morgan fingerprint density at radius 3 is 3.00 bits per heavy atom. The Morgan fingerprint density at radius 1 is 1.73 bits per heavy atom. The van der Waals surface area contributed by atoms with Crippen LogP contribution < -0.4 is 11.1 Å². The maximum atomic E-state index is 11.3. The summed E-state index contributed by atoms with van der Waals surface area (Å²) in [5.74, 6) is 0.0381. The Hall–Kier alpha value is -1.36. The van der Waals surface area contributed by atoms with Crippen LogP contribution in [0.5, 0.6) is 0 Å². The van der Waals surface area contributed by atoms with Gasteiger partial charge in [-0.15, -0.1) is 0 Å². The highest BCUT2D eigenvalue weighted by Crippen LogP contribution is 1.97. The van der Waals surface area contributed by atoms with Crippen molar-refractivity contribution in [3.05, 3.63) is 18.0 Å². The van der Waals surface area contributed by atoms with Gasteiger partial charge in [0.15, 0.2) is 0 Å². The molecule has 0 fully saturated rings. The number of aromatic nitrogens is 2. The summed E-state index contributed by atoms with van der Waals surface area (Å²) < 4.78 is 1.71. The highest BCUT2D eigenvalue weighted by Gasteiger charge is 2.03. The van der Waals surface area contributed by atoms with E-state index in [-0.39, 0.29) is 11.9 Å². The van der Waals surface area contributed by atoms with Crippen molar-refractivity contribution in [2.75, 3.05) is 0 Å². The molecule has 1 atom stereocenters. The smallest absolute Gasteiger partial charge is 0.220 e. The molecule has 0 bridgehead atoms. The standard InChI is InChI=1S/C10H18N4O/c1-8(11)3-4-10(15)12-5-9-6-13-14(2)7-9/h6-8H,3-5,11H2,1-2H3,(H,12,15). The maximum absolute atomic E-state index is 11.3. The van der Waals surface area contributed by atoms with E-state index in [2.05, 4.69) is 10.4 Å². The lowest BCUT2D eigenvalue weighted by atomic mass is 10.2. The molecule has 1 heterocycles. The van der Waals surface area contributed by atoms with Gasteiger partial charge in [0.05, 0.1) is 6.20 Å². The lowest BCUT2D eigenvalue weighted by Crippen LogP contribution is -2.25. The zero-order chi connectivity index (χ0) is 11.3. The van der Waals surface area contributed by atoms with E-state index in [1.807, 2.05) is 20.2 Å². The summed E-state index contributed by atoms with van der Waals surface area (Å²) in [5, 5.41) is 6.83. The van der Waals surface area contributed by atoms with E-state index >= 15 is 0 Å². The average Bonchev–Trinajstić information content (AvgIpc) is 2.58. The number of amides is 1. The van der Waals surface area contributed by atoms with Crippen LogP contribution in [0.1, 0.15) is 25.3 Å². The molecule has 0 radical (unpaired) electrons. The normalized spacial score (nSPS) is 12.5. The van der Waals surface area contributed by atoms with Gasteiger partial charge in [0.25, 0.3) is 0 Å². The van der Waals surface area contributed by atoms with Gasteiger partial charge in [-0.1, -0.05) is 0 Å². The maximum Gasteiger partial charge on any atom is 0.220 e. The third kappa shape index (κ3) is 4.60.